The van der Waals surface area contributed by atoms with E-state index in [1.54, 1.807) is 0 Å². The lowest BCUT2D eigenvalue weighted by Gasteiger charge is -2.10. The van der Waals surface area contributed by atoms with Crippen LogP contribution in [0.15, 0.2) is 0 Å². The molecule has 0 unspecified atom stereocenters. The highest BCUT2D eigenvalue weighted by molar-refractivity contribution is 6.33. The molecule has 0 spiro atoms. The Kier molecular flexibility index (Phi) is 9.65. The van der Waals surface area contributed by atoms with Crippen molar-refractivity contribution >= 4 is 7.54 Å². The highest BCUT2D eigenvalue weighted by Crippen LogP contribution is 1.81. The largest absolute Gasteiger partial charge is 0.762 e. The summed E-state index contributed by atoms with van der Waals surface area (Å²) >= 11 is 0. The number of hydrogen-bond acceptors (Lipinski definition) is 1. The van der Waals surface area contributed by atoms with Crippen LogP contribution in [0.5, 0.6) is 0 Å². The number of nitrogens with one attached hydrogen (secondary N) is 1. The Balaban J connectivity index is 0. The molecule has 0 saturated heterocycles. The van der Waals surface area contributed by atoms with Gasteiger partial charge < -0.3 is 5.32 Å². The summed E-state index contributed by atoms with van der Waals surface area (Å²) in [4.78, 5) is 0. The van der Waals surface area contributed by atoms with Crippen LogP contribution < -0.4 is 5.32 Å². The first-order valence-electron chi connectivity index (χ1n) is 3.54. The number of rotatable bonds is 2. The Morgan fingerprint density at radius 3 is 1.09 bits per heavy atom. The van der Waals surface area contributed by atoms with Crippen molar-refractivity contribution in [1.82, 2.24) is 5.32 Å². The third-order valence-corrected chi connectivity index (χ3v) is 0.667. The zero-order chi connectivity index (χ0) is 9.44. The van der Waals surface area contributed by atoms with Crippen LogP contribution in [0.25, 0.3) is 0 Å². The first kappa shape index (κ1) is 13.4. The molecule has 68 valence electrons. The topological polar surface area (TPSA) is 12.0 Å². The fourth-order valence-electron chi connectivity index (χ4n) is 0.667. The molecule has 5 heteroatoms. The molecule has 0 saturated carbocycles. The first-order valence-corrected chi connectivity index (χ1v) is 3.54. The summed E-state index contributed by atoms with van der Waals surface area (Å²) in [5.41, 5.74) is 0. The molecule has 0 aromatic heterocycles. The summed E-state index contributed by atoms with van der Waals surface area (Å²) in [5.74, 6) is 0. The van der Waals surface area contributed by atoms with Crippen LogP contribution in [0.3, 0.4) is 0 Å². The first-order chi connectivity index (χ1) is 4.86. The van der Waals surface area contributed by atoms with Crippen LogP contribution in [0.1, 0.15) is 27.7 Å². The fraction of sp³-hybridized carbons (Fsp3) is 1.00. The molecule has 0 heterocycles. The Labute approximate surface area is 66.6 Å². The van der Waals surface area contributed by atoms with E-state index in [-0.39, 0.29) is 0 Å². The van der Waals surface area contributed by atoms with E-state index in [1.807, 2.05) is 0 Å². The quantitative estimate of drug-likeness (QED) is 0.625. The summed E-state index contributed by atoms with van der Waals surface area (Å²) in [6.07, 6.45) is 0. The van der Waals surface area contributed by atoms with Crippen LogP contribution >= 0.6 is 0 Å². The molecule has 0 aromatic carbocycles. The highest BCUT2D eigenvalue weighted by Gasteiger charge is 2.06. The second kappa shape index (κ2) is 7.92. The molecule has 0 aliphatic carbocycles. The molecule has 0 rings (SSSR count). The van der Waals surface area contributed by atoms with Gasteiger partial charge in [0.25, 0.3) is 0 Å². The standard InChI is InChI=1S/C6H15N.BF3/c1-5(2)7-6(3)4;2-1(3)4/h5-7H,1-4H3;. The van der Waals surface area contributed by atoms with E-state index in [4.69, 9.17) is 0 Å². The van der Waals surface area contributed by atoms with Crippen molar-refractivity contribution in [2.75, 3.05) is 0 Å². The summed E-state index contributed by atoms with van der Waals surface area (Å²) in [5, 5.41) is 3.31. The van der Waals surface area contributed by atoms with Gasteiger partial charge in [0, 0.05) is 12.1 Å². The number of halogens is 3. The third kappa shape index (κ3) is 41.2. The Bertz CT molecular complexity index is 69.5. The van der Waals surface area contributed by atoms with Crippen LogP contribution in [0, 0.1) is 0 Å². The van der Waals surface area contributed by atoms with Gasteiger partial charge in [-0.15, -0.1) is 0 Å². The average Bonchev–Trinajstić information content (AvgIpc) is 1.56. The maximum absolute atomic E-state index is 9.67. The molecule has 0 amide bonds. The molecule has 0 bridgehead atoms. The maximum Gasteiger partial charge on any atom is 0.762 e. The van der Waals surface area contributed by atoms with Gasteiger partial charge >= 0.3 is 7.54 Å². The van der Waals surface area contributed by atoms with Gasteiger partial charge in [0.1, 0.15) is 0 Å². The van der Waals surface area contributed by atoms with Gasteiger partial charge in [0.15, 0.2) is 0 Å². The monoisotopic (exact) mass is 169 g/mol. The lowest BCUT2D eigenvalue weighted by molar-refractivity contribution is 0.518. The van der Waals surface area contributed by atoms with E-state index in [0.29, 0.717) is 12.1 Å². The smallest absolute Gasteiger partial charge is 0.312 e. The van der Waals surface area contributed by atoms with Crippen molar-refractivity contribution in [1.29, 1.82) is 0 Å². The zero-order valence-electron chi connectivity index (χ0n) is 7.37. The summed E-state index contributed by atoms with van der Waals surface area (Å²) < 4.78 is 29.0. The summed E-state index contributed by atoms with van der Waals surface area (Å²) in [6, 6.07) is 1.25. The van der Waals surface area contributed by atoms with E-state index in [1.165, 1.54) is 0 Å². The van der Waals surface area contributed by atoms with E-state index in [0.717, 1.165) is 0 Å². The molecule has 0 radical (unpaired) electrons. The lowest BCUT2D eigenvalue weighted by Crippen LogP contribution is -2.29. The molecule has 1 nitrogen and oxygen atoms in total. The molecule has 0 aliphatic rings. The molecule has 0 atom stereocenters. The minimum atomic E-state index is -3.67. The van der Waals surface area contributed by atoms with E-state index >= 15 is 0 Å². The van der Waals surface area contributed by atoms with Crippen molar-refractivity contribution in [2.45, 2.75) is 39.8 Å². The van der Waals surface area contributed by atoms with Crippen LogP contribution in [0.2, 0.25) is 0 Å². The van der Waals surface area contributed by atoms with Crippen molar-refractivity contribution in [3.05, 3.63) is 0 Å². The molecule has 0 fully saturated rings. The minimum Gasteiger partial charge on any atom is -0.312 e. The van der Waals surface area contributed by atoms with Gasteiger partial charge in [-0.05, 0) is 0 Å². The van der Waals surface area contributed by atoms with Crippen molar-refractivity contribution in [3.63, 3.8) is 0 Å². The molecule has 11 heavy (non-hydrogen) atoms. The summed E-state index contributed by atoms with van der Waals surface area (Å²) in [7, 11) is -3.67. The van der Waals surface area contributed by atoms with Gasteiger partial charge in [-0.1, -0.05) is 27.7 Å². The van der Waals surface area contributed by atoms with Crippen molar-refractivity contribution in [3.8, 4) is 0 Å². The predicted molar refractivity (Wildman–Crippen MR) is 42.5 cm³/mol. The normalized spacial score (nSPS) is 9.55. The molecular formula is C6H15BF3N. The molecule has 1 N–H and O–H groups in total. The lowest BCUT2D eigenvalue weighted by atomic mass is 10.3. The third-order valence-electron chi connectivity index (χ3n) is 0.667. The Morgan fingerprint density at radius 1 is 0.909 bits per heavy atom. The second-order valence-corrected chi connectivity index (χ2v) is 2.72. The number of hydrogen-bond donors (Lipinski definition) is 1. The van der Waals surface area contributed by atoms with Gasteiger partial charge in [-0.2, -0.15) is 0 Å². The van der Waals surface area contributed by atoms with Crippen molar-refractivity contribution < 1.29 is 12.9 Å². The molecular weight excluding hydrogens is 154 g/mol. The van der Waals surface area contributed by atoms with Gasteiger partial charge in [0.05, 0.1) is 0 Å². The zero-order valence-corrected chi connectivity index (χ0v) is 7.37. The van der Waals surface area contributed by atoms with Crippen LogP contribution in [-0.2, 0) is 0 Å². The van der Waals surface area contributed by atoms with Gasteiger partial charge in [0.2, 0.25) is 0 Å². The second-order valence-electron chi connectivity index (χ2n) is 2.72. The SMILES string of the molecule is CC(C)NC(C)C.FB(F)F. The molecule has 0 aliphatic heterocycles. The van der Waals surface area contributed by atoms with E-state index < -0.39 is 7.54 Å². The minimum absolute atomic E-state index is 0.625. The van der Waals surface area contributed by atoms with E-state index in [9.17, 15) is 12.9 Å². The maximum atomic E-state index is 9.67. The van der Waals surface area contributed by atoms with Crippen LogP contribution in [-0.4, -0.2) is 19.6 Å². The van der Waals surface area contributed by atoms with Crippen molar-refractivity contribution in [2.24, 2.45) is 0 Å². The Morgan fingerprint density at radius 2 is 1.09 bits per heavy atom. The highest BCUT2D eigenvalue weighted by atomic mass is 19.4. The van der Waals surface area contributed by atoms with Gasteiger partial charge in [-0.3, -0.25) is 12.9 Å². The fourth-order valence-corrected chi connectivity index (χ4v) is 0.667. The average molecular weight is 169 g/mol. The summed E-state index contributed by atoms with van der Waals surface area (Å²) in [6.45, 7) is 8.61. The Hall–Kier alpha value is -0.185. The van der Waals surface area contributed by atoms with Crippen LogP contribution in [0.4, 0.5) is 12.9 Å². The van der Waals surface area contributed by atoms with E-state index in [2.05, 4.69) is 33.0 Å². The predicted octanol–water partition coefficient (Wildman–Crippen LogP) is 2.27. The van der Waals surface area contributed by atoms with Gasteiger partial charge in [-0.25, -0.2) is 0 Å². The molecule has 0 aromatic rings.